The molecule has 0 spiro atoms. The lowest BCUT2D eigenvalue weighted by Gasteiger charge is -2.01. The molecule has 0 amide bonds. The summed E-state index contributed by atoms with van der Waals surface area (Å²) < 4.78 is 2.78. The predicted molar refractivity (Wildman–Crippen MR) is 81.3 cm³/mol. The van der Waals surface area contributed by atoms with Crippen LogP contribution in [-0.4, -0.2) is 32.6 Å². The van der Waals surface area contributed by atoms with Gasteiger partial charge in [-0.05, 0) is 47.9 Å². The molecule has 0 radical (unpaired) electrons. The number of fused-ring (bicyclic) bond motifs is 1. The smallest absolute Gasteiger partial charge is 0.356 e. The minimum absolute atomic E-state index is 0.0328. The Morgan fingerprint density at radius 1 is 1.33 bits per heavy atom. The van der Waals surface area contributed by atoms with Gasteiger partial charge in [0.15, 0.2) is 5.69 Å². The summed E-state index contributed by atoms with van der Waals surface area (Å²) in [4.78, 5) is 11.3. The number of carboxylic acids is 1. The van der Waals surface area contributed by atoms with Gasteiger partial charge in [-0.15, -0.1) is 11.3 Å². The van der Waals surface area contributed by atoms with Gasteiger partial charge in [-0.25, -0.2) is 9.48 Å². The molecule has 0 aliphatic carbocycles. The second kappa shape index (κ2) is 5.67. The molecule has 108 valence electrons. The number of aromatic nitrogens is 2. The van der Waals surface area contributed by atoms with E-state index in [1.807, 2.05) is 29.6 Å². The summed E-state index contributed by atoms with van der Waals surface area (Å²) in [6, 6.07) is 7.94. The van der Waals surface area contributed by atoms with E-state index in [-0.39, 0.29) is 12.3 Å². The first-order valence-electron chi connectivity index (χ1n) is 6.59. The van der Waals surface area contributed by atoms with Crippen LogP contribution in [0.3, 0.4) is 0 Å². The number of benzene rings is 1. The number of hydrogen-bond donors (Lipinski definition) is 2. The number of aromatic carboxylic acids is 1. The van der Waals surface area contributed by atoms with Crippen molar-refractivity contribution in [1.29, 1.82) is 0 Å². The molecule has 0 saturated heterocycles. The highest BCUT2D eigenvalue weighted by atomic mass is 32.1. The number of carbonyl (C=O) groups is 1. The number of aryl methyl sites for hydroxylation is 1. The van der Waals surface area contributed by atoms with Gasteiger partial charge >= 0.3 is 5.97 Å². The lowest BCUT2D eigenvalue weighted by molar-refractivity contribution is 0.0688. The van der Waals surface area contributed by atoms with Gasteiger partial charge < -0.3 is 10.2 Å². The van der Waals surface area contributed by atoms with E-state index in [0.717, 1.165) is 11.1 Å². The fraction of sp³-hybridized carbons (Fsp3) is 0.200. The van der Waals surface area contributed by atoms with Crippen molar-refractivity contribution in [3.63, 3.8) is 0 Å². The Morgan fingerprint density at radius 3 is 2.95 bits per heavy atom. The summed E-state index contributed by atoms with van der Waals surface area (Å²) in [5, 5.41) is 25.4. The lowest BCUT2D eigenvalue weighted by atomic mass is 10.1. The molecular weight excluding hydrogens is 288 g/mol. The number of rotatable bonds is 5. The van der Waals surface area contributed by atoms with E-state index in [1.54, 1.807) is 22.2 Å². The summed E-state index contributed by atoms with van der Waals surface area (Å²) >= 11 is 1.66. The minimum Gasteiger partial charge on any atom is -0.476 e. The van der Waals surface area contributed by atoms with E-state index >= 15 is 0 Å². The molecular formula is C15H14N2O3S. The van der Waals surface area contributed by atoms with E-state index in [2.05, 4.69) is 5.10 Å². The SMILES string of the molecule is O=C(O)c1nn(-c2ccc3sccc3c2)cc1CCCO. The van der Waals surface area contributed by atoms with E-state index in [1.165, 1.54) is 4.70 Å². The van der Waals surface area contributed by atoms with E-state index in [0.29, 0.717) is 18.4 Å². The van der Waals surface area contributed by atoms with Crippen molar-refractivity contribution in [3.05, 3.63) is 47.1 Å². The van der Waals surface area contributed by atoms with Gasteiger partial charge in [-0.3, -0.25) is 0 Å². The fourth-order valence-corrected chi connectivity index (χ4v) is 3.04. The molecule has 0 bridgehead atoms. The Morgan fingerprint density at radius 2 is 2.19 bits per heavy atom. The molecule has 5 nitrogen and oxygen atoms in total. The molecule has 0 aliphatic rings. The average Bonchev–Trinajstić information content (AvgIpc) is 3.10. The highest BCUT2D eigenvalue weighted by Gasteiger charge is 2.16. The van der Waals surface area contributed by atoms with E-state index in [4.69, 9.17) is 5.11 Å². The molecule has 21 heavy (non-hydrogen) atoms. The van der Waals surface area contributed by atoms with Crippen molar-refractivity contribution in [3.8, 4) is 5.69 Å². The highest BCUT2D eigenvalue weighted by Crippen LogP contribution is 2.24. The molecule has 2 aromatic heterocycles. The zero-order valence-corrected chi connectivity index (χ0v) is 12.0. The van der Waals surface area contributed by atoms with Gasteiger partial charge in [0.25, 0.3) is 0 Å². The average molecular weight is 302 g/mol. The van der Waals surface area contributed by atoms with Gasteiger partial charge in [-0.1, -0.05) is 0 Å². The van der Waals surface area contributed by atoms with Crippen LogP contribution in [0, 0.1) is 0 Å². The summed E-state index contributed by atoms with van der Waals surface area (Å²) in [6.45, 7) is 0.0328. The molecule has 1 aromatic carbocycles. The van der Waals surface area contributed by atoms with Gasteiger partial charge in [0.1, 0.15) is 0 Å². The molecule has 3 rings (SSSR count). The molecule has 6 heteroatoms. The van der Waals surface area contributed by atoms with Crippen LogP contribution in [0.4, 0.5) is 0 Å². The Balaban J connectivity index is 2.02. The molecule has 2 N–H and O–H groups in total. The van der Waals surface area contributed by atoms with Crippen LogP contribution in [0.5, 0.6) is 0 Å². The zero-order chi connectivity index (χ0) is 14.8. The van der Waals surface area contributed by atoms with Crippen molar-refractivity contribution in [2.24, 2.45) is 0 Å². The van der Waals surface area contributed by atoms with Crippen LogP contribution in [0.2, 0.25) is 0 Å². The molecule has 3 aromatic rings. The van der Waals surface area contributed by atoms with Crippen LogP contribution < -0.4 is 0 Å². The maximum atomic E-state index is 11.3. The molecule has 0 saturated carbocycles. The van der Waals surface area contributed by atoms with Crippen molar-refractivity contribution < 1.29 is 15.0 Å². The molecule has 0 fully saturated rings. The number of hydrogen-bond acceptors (Lipinski definition) is 4. The predicted octanol–water partition coefficient (Wildman–Crippen LogP) is 2.71. The summed E-state index contributed by atoms with van der Waals surface area (Å²) in [7, 11) is 0. The fourth-order valence-electron chi connectivity index (χ4n) is 2.27. The maximum Gasteiger partial charge on any atom is 0.356 e. The Kier molecular flexibility index (Phi) is 3.72. The highest BCUT2D eigenvalue weighted by molar-refractivity contribution is 7.17. The van der Waals surface area contributed by atoms with Crippen molar-refractivity contribution in [2.45, 2.75) is 12.8 Å². The third-order valence-electron chi connectivity index (χ3n) is 3.30. The Bertz CT molecular complexity index is 791. The number of aliphatic hydroxyl groups excluding tert-OH is 1. The van der Waals surface area contributed by atoms with Gasteiger partial charge in [0, 0.05) is 23.1 Å². The number of thiophene rings is 1. The van der Waals surface area contributed by atoms with Crippen molar-refractivity contribution in [2.75, 3.05) is 6.61 Å². The summed E-state index contributed by atoms with van der Waals surface area (Å²) in [6.07, 6.45) is 2.75. The first kappa shape index (κ1) is 13.8. The third kappa shape index (κ3) is 2.68. The van der Waals surface area contributed by atoms with Crippen LogP contribution >= 0.6 is 11.3 Å². The van der Waals surface area contributed by atoms with Gasteiger partial charge in [0.2, 0.25) is 0 Å². The van der Waals surface area contributed by atoms with Crippen molar-refractivity contribution in [1.82, 2.24) is 9.78 Å². The van der Waals surface area contributed by atoms with Crippen LogP contribution in [0.25, 0.3) is 15.8 Å². The largest absolute Gasteiger partial charge is 0.476 e. The van der Waals surface area contributed by atoms with Gasteiger partial charge in [0.05, 0.1) is 5.69 Å². The molecule has 0 unspecified atom stereocenters. The monoisotopic (exact) mass is 302 g/mol. The third-order valence-corrected chi connectivity index (χ3v) is 4.20. The maximum absolute atomic E-state index is 11.3. The second-order valence-electron chi connectivity index (χ2n) is 4.72. The quantitative estimate of drug-likeness (QED) is 0.760. The summed E-state index contributed by atoms with van der Waals surface area (Å²) in [5.74, 6) is -1.04. The standard InChI is InChI=1S/C15H14N2O3S/c18-6-1-2-11-9-17(16-14(11)15(19)20)12-3-4-13-10(8-12)5-7-21-13/h3-5,7-9,18H,1-2,6H2,(H,19,20). The Labute approximate surface area is 125 Å². The molecule has 2 heterocycles. The zero-order valence-electron chi connectivity index (χ0n) is 11.2. The second-order valence-corrected chi connectivity index (χ2v) is 5.67. The van der Waals surface area contributed by atoms with Crippen LogP contribution in [0.1, 0.15) is 22.5 Å². The normalized spacial score (nSPS) is 11.1. The minimum atomic E-state index is -1.04. The van der Waals surface area contributed by atoms with Gasteiger partial charge in [-0.2, -0.15) is 5.10 Å². The first-order valence-corrected chi connectivity index (χ1v) is 7.47. The summed E-state index contributed by atoms with van der Waals surface area (Å²) in [5.41, 5.74) is 1.52. The van der Waals surface area contributed by atoms with Crippen molar-refractivity contribution >= 4 is 27.4 Å². The number of nitrogens with zero attached hydrogens (tertiary/aromatic N) is 2. The van der Waals surface area contributed by atoms with E-state index in [9.17, 15) is 9.90 Å². The Hall–Kier alpha value is -2.18. The van der Waals surface area contributed by atoms with Crippen LogP contribution in [-0.2, 0) is 6.42 Å². The molecule has 0 aliphatic heterocycles. The van der Waals surface area contributed by atoms with E-state index < -0.39 is 5.97 Å². The topological polar surface area (TPSA) is 75.3 Å². The van der Waals surface area contributed by atoms with Crippen LogP contribution in [0.15, 0.2) is 35.8 Å². The number of aliphatic hydroxyl groups is 1. The number of carboxylic acid groups (broad SMARTS) is 1. The first-order chi connectivity index (χ1) is 10.2. The molecule has 0 atom stereocenters. The lowest BCUT2D eigenvalue weighted by Crippen LogP contribution is -2.03.